The first-order chi connectivity index (χ1) is 10.6. The zero-order valence-corrected chi connectivity index (χ0v) is 15.7. The summed E-state index contributed by atoms with van der Waals surface area (Å²) >= 11 is 1.54. The Morgan fingerprint density at radius 2 is 1.96 bits per heavy atom. The highest BCUT2D eigenvalue weighted by Crippen LogP contribution is 2.44. The predicted octanol–water partition coefficient (Wildman–Crippen LogP) is 4.28. The molecular formula is C18H27NO3S. The summed E-state index contributed by atoms with van der Waals surface area (Å²) in [5.41, 5.74) is 1.88. The molecule has 0 aliphatic heterocycles. The van der Waals surface area contributed by atoms with Crippen molar-refractivity contribution in [3.63, 3.8) is 0 Å². The number of amides is 1. The molecule has 0 aromatic carbocycles. The largest absolute Gasteiger partial charge is 0.465 e. The van der Waals surface area contributed by atoms with E-state index in [-0.39, 0.29) is 23.2 Å². The van der Waals surface area contributed by atoms with Gasteiger partial charge in [-0.1, -0.05) is 34.6 Å². The Morgan fingerprint density at radius 1 is 1.30 bits per heavy atom. The third kappa shape index (κ3) is 3.77. The quantitative estimate of drug-likeness (QED) is 0.838. The van der Waals surface area contributed by atoms with Gasteiger partial charge in [-0.05, 0) is 36.2 Å². The second-order valence-corrected chi connectivity index (χ2v) is 8.75. The Morgan fingerprint density at radius 3 is 2.48 bits per heavy atom. The lowest BCUT2D eigenvalue weighted by atomic mass is 9.72. The number of fused-ring (bicyclic) bond motifs is 1. The van der Waals surface area contributed by atoms with Crippen LogP contribution in [-0.4, -0.2) is 19.0 Å². The van der Waals surface area contributed by atoms with Gasteiger partial charge in [0.1, 0.15) is 5.00 Å². The Balaban J connectivity index is 2.39. The van der Waals surface area contributed by atoms with Gasteiger partial charge in [-0.25, -0.2) is 4.79 Å². The number of carbonyl (C=O) groups is 2. The molecule has 1 aromatic rings. The molecule has 23 heavy (non-hydrogen) atoms. The lowest BCUT2D eigenvalue weighted by Crippen LogP contribution is -2.26. The molecule has 1 heterocycles. The predicted molar refractivity (Wildman–Crippen MR) is 94.1 cm³/mol. The van der Waals surface area contributed by atoms with Gasteiger partial charge in [-0.3, -0.25) is 4.79 Å². The van der Waals surface area contributed by atoms with Crippen molar-refractivity contribution in [2.24, 2.45) is 17.3 Å². The average molecular weight is 337 g/mol. The van der Waals surface area contributed by atoms with Gasteiger partial charge >= 0.3 is 5.97 Å². The van der Waals surface area contributed by atoms with Crippen LogP contribution in [0.1, 0.15) is 61.8 Å². The SMILES string of the molecule is COC(=O)c1c(NC(=O)C(C)C)sc2c1CCC(C(C)(C)C)C2. The molecule has 1 amide bonds. The number of methoxy groups -OCH3 is 1. The first kappa shape index (κ1) is 18.0. The molecule has 4 nitrogen and oxygen atoms in total. The van der Waals surface area contributed by atoms with Crippen molar-refractivity contribution >= 4 is 28.2 Å². The summed E-state index contributed by atoms with van der Waals surface area (Å²) in [6.45, 7) is 10.5. The maximum atomic E-state index is 12.2. The van der Waals surface area contributed by atoms with Crippen LogP contribution in [0.3, 0.4) is 0 Å². The second-order valence-electron chi connectivity index (χ2n) is 7.65. The number of thiophene rings is 1. The number of nitrogens with one attached hydrogen (secondary N) is 1. The van der Waals surface area contributed by atoms with Gasteiger partial charge in [0.05, 0.1) is 12.7 Å². The molecule has 1 unspecified atom stereocenters. The van der Waals surface area contributed by atoms with E-state index in [2.05, 4.69) is 26.1 Å². The fourth-order valence-electron chi connectivity index (χ4n) is 2.99. The van der Waals surface area contributed by atoms with Crippen LogP contribution < -0.4 is 5.32 Å². The molecular weight excluding hydrogens is 310 g/mol. The molecule has 1 atom stereocenters. The molecule has 1 aliphatic carbocycles. The standard InChI is InChI=1S/C18H27NO3S/c1-10(2)15(20)19-16-14(17(21)22-6)12-8-7-11(18(3,4)5)9-13(12)23-16/h10-11H,7-9H2,1-6H3,(H,19,20). The van der Waals surface area contributed by atoms with Crippen molar-refractivity contribution in [2.45, 2.75) is 53.9 Å². The van der Waals surface area contributed by atoms with E-state index in [1.165, 1.54) is 23.3 Å². The number of ether oxygens (including phenoxy) is 1. The number of esters is 1. The van der Waals surface area contributed by atoms with E-state index in [0.29, 0.717) is 16.5 Å². The summed E-state index contributed by atoms with van der Waals surface area (Å²) in [4.78, 5) is 25.5. The average Bonchev–Trinajstić information content (AvgIpc) is 2.82. The zero-order chi connectivity index (χ0) is 17.4. The van der Waals surface area contributed by atoms with Gasteiger partial charge in [-0.2, -0.15) is 0 Å². The molecule has 0 fully saturated rings. The lowest BCUT2D eigenvalue weighted by molar-refractivity contribution is -0.118. The summed E-state index contributed by atoms with van der Waals surface area (Å²) in [7, 11) is 1.39. The third-order valence-corrected chi connectivity index (χ3v) is 5.81. The molecule has 0 saturated heterocycles. The second kappa shape index (κ2) is 6.63. The maximum absolute atomic E-state index is 12.2. The van der Waals surface area contributed by atoms with Crippen LogP contribution in [0.15, 0.2) is 0 Å². The molecule has 0 spiro atoms. The molecule has 128 valence electrons. The summed E-state index contributed by atoms with van der Waals surface area (Å²) in [6, 6.07) is 0. The third-order valence-electron chi connectivity index (χ3n) is 4.64. The minimum Gasteiger partial charge on any atom is -0.465 e. The van der Waals surface area contributed by atoms with Crippen molar-refractivity contribution < 1.29 is 14.3 Å². The van der Waals surface area contributed by atoms with Crippen molar-refractivity contribution in [1.82, 2.24) is 0 Å². The Hall–Kier alpha value is -1.36. The monoisotopic (exact) mass is 337 g/mol. The van der Waals surface area contributed by atoms with E-state index < -0.39 is 0 Å². The summed E-state index contributed by atoms with van der Waals surface area (Å²) in [5, 5.41) is 3.56. The van der Waals surface area contributed by atoms with Crippen LogP contribution in [0.2, 0.25) is 0 Å². The molecule has 0 bridgehead atoms. The van der Waals surface area contributed by atoms with Crippen molar-refractivity contribution in [3.8, 4) is 0 Å². The fraction of sp³-hybridized carbons (Fsp3) is 0.667. The van der Waals surface area contributed by atoms with Crippen LogP contribution >= 0.6 is 11.3 Å². The van der Waals surface area contributed by atoms with Crippen molar-refractivity contribution in [2.75, 3.05) is 12.4 Å². The van der Waals surface area contributed by atoms with Gasteiger partial charge in [0.2, 0.25) is 5.91 Å². The molecule has 1 N–H and O–H groups in total. The number of rotatable bonds is 3. The topological polar surface area (TPSA) is 55.4 Å². The summed E-state index contributed by atoms with van der Waals surface area (Å²) < 4.78 is 4.95. The molecule has 0 saturated carbocycles. The van der Waals surface area contributed by atoms with E-state index in [1.807, 2.05) is 13.8 Å². The number of hydrogen-bond donors (Lipinski definition) is 1. The van der Waals surface area contributed by atoms with Gasteiger partial charge in [0.25, 0.3) is 0 Å². The minimum atomic E-state index is -0.351. The van der Waals surface area contributed by atoms with E-state index in [9.17, 15) is 9.59 Å². The van der Waals surface area contributed by atoms with E-state index in [4.69, 9.17) is 4.74 Å². The number of carbonyl (C=O) groups excluding carboxylic acids is 2. The molecule has 2 rings (SSSR count). The van der Waals surface area contributed by atoms with Crippen LogP contribution in [0.5, 0.6) is 0 Å². The van der Waals surface area contributed by atoms with E-state index in [0.717, 1.165) is 24.8 Å². The molecule has 5 heteroatoms. The highest BCUT2D eigenvalue weighted by Gasteiger charge is 2.34. The maximum Gasteiger partial charge on any atom is 0.341 e. The van der Waals surface area contributed by atoms with Gasteiger partial charge in [0.15, 0.2) is 0 Å². The lowest BCUT2D eigenvalue weighted by Gasteiger charge is -2.33. The van der Waals surface area contributed by atoms with Gasteiger partial charge < -0.3 is 10.1 Å². The Kier molecular flexibility index (Phi) is 5.19. The first-order valence-corrected chi connectivity index (χ1v) is 9.00. The summed E-state index contributed by atoms with van der Waals surface area (Å²) in [6.07, 6.45) is 2.90. The Bertz CT molecular complexity index is 611. The molecule has 0 radical (unpaired) electrons. The van der Waals surface area contributed by atoms with E-state index in [1.54, 1.807) is 0 Å². The fourth-order valence-corrected chi connectivity index (χ4v) is 4.31. The summed E-state index contributed by atoms with van der Waals surface area (Å²) in [5.74, 6) is 0.0478. The minimum absolute atomic E-state index is 0.0684. The highest BCUT2D eigenvalue weighted by atomic mass is 32.1. The smallest absolute Gasteiger partial charge is 0.341 e. The van der Waals surface area contributed by atoms with Crippen molar-refractivity contribution in [3.05, 3.63) is 16.0 Å². The van der Waals surface area contributed by atoms with Crippen molar-refractivity contribution in [1.29, 1.82) is 0 Å². The molecule has 1 aromatic heterocycles. The number of hydrogen-bond acceptors (Lipinski definition) is 4. The number of anilines is 1. The van der Waals surface area contributed by atoms with Gasteiger partial charge in [0, 0.05) is 10.8 Å². The van der Waals surface area contributed by atoms with Crippen LogP contribution in [-0.2, 0) is 22.4 Å². The molecule has 1 aliphatic rings. The normalized spacial score (nSPS) is 17.8. The van der Waals surface area contributed by atoms with Crippen LogP contribution in [0.25, 0.3) is 0 Å². The Labute approximate surface area is 142 Å². The van der Waals surface area contributed by atoms with Gasteiger partial charge in [-0.15, -0.1) is 11.3 Å². The van der Waals surface area contributed by atoms with Crippen LogP contribution in [0.4, 0.5) is 5.00 Å². The van der Waals surface area contributed by atoms with Crippen LogP contribution in [0, 0.1) is 17.3 Å². The van der Waals surface area contributed by atoms with E-state index >= 15 is 0 Å². The zero-order valence-electron chi connectivity index (χ0n) is 14.9. The highest BCUT2D eigenvalue weighted by molar-refractivity contribution is 7.17. The first-order valence-electron chi connectivity index (χ1n) is 8.18.